The van der Waals surface area contributed by atoms with Crippen molar-refractivity contribution in [1.82, 2.24) is 5.32 Å². The average Bonchev–Trinajstić information content (AvgIpc) is 2.32. The van der Waals surface area contributed by atoms with Crippen LogP contribution in [0, 0.1) is 0 Å². The fourth-order valence-corrected chi connectivity index (χ4v) is 2.24. The van der Waals surface area contributed by atoms with E-state index >= 15 is 0 Å². The van der Waals surface area contributed by atoms with Crippen LogP contribution in [0.1, 0.15) is 36.0 Å². The molecule has 1 saturated carbocycles. The van der Waals surface area contributed by atoms with Gasteiger partial charge in [0.2, 0.25) is 0 Å². The van der Waals surface area contributed by atoms with Crippen LogP contribution in [-0.2, 0) is 0 Å². The summed E-state index contributed by atoms with van der Waals surface area (Å²) in [6.07, 6.45) is 4.15. The Morgan fingerprint density at radius 1 is 1.35 bits per heavy atom. The molecule has 2 atom stereocenters. The number of phenols is 1. The van der Waals surface area contributed by atoms with Crippen molar-refractivity contribution in [3.8, 4) is 5.75 Å². The largest absolute Gasteiger partial charge is 0.508 e. The van der Waals surface area contributed by atoms with Crippen LogP contribution in [0.25, 0.3) is 0 Å². The topological polar surface area (TPSA) is 75.3 Å². The zero-order valence-electron chi connectivity index (χ0n) is 9.73. The summed E-state index contributed by atoms with van der Waals surface area (Å²) >= 11 is 0. The molecule has 0 bridgehead atoms. The van der Waals surface area contributed by atoms with Crippen molar-refractivity contribution in [2.24, 2.45) is 5.73 Å². The molecule has 0 spiro atoms. The van der Waals surface area contributed by atoms with Gasteiger partial charge in [0.05, 0.1) is 0 Å². The molecule has 1 aliphatic carbocycles. The van der Waals surface area contributed by atoms with Gasteiger partial charge in [-0.15, -0.1) is 0 Å². The third-order valence-electron chi connectivity index (χ3n) is 3.24. The van der Waals surface area contributed by atoms with E-state index in [1.807, 2.05) is 0 Å². The molecular weight excluding hydrogens is 216 g/mol. The molecule has 1 aromatic rings. The molecular formula is C13H18N2O2. The first kappa shape index (κ1) is 11.9. The Morgan fingerprint density at radius 3 is 2.82 bits per heavy atom. The van der Waals surface area contributed by atoms with Gasteiger partial charge in [0.15, 0.2) is 0 Å². The van der Waals surface area contributed by atoms with Gasteiger partial charge in [0.1, 0.15) is 5.75 Å². The number of nitrogens with one attached hydrogen (secondary N) is 1. The minimum absolute atomic E-state index is 0.0463. The highest BCUT2D eigenvalue weighted by Gasteiger charge is 2.23. The normalized spacial score (nSPS) is 24.3. The van der Waals surface area contributed by atoms with Gasteiger partial charge in [0, 0.05) is 17.6 Å². The Kier molecular flexibility index (Phi) is 3.64. The summed E-state index contributed by atoms with van der Waals surface area (Å²) in [5, 5.41) is 12.3. The van der Waals surface area contributed by atoms with E-state index in [4.69, 9.17) is 5.73 Å². The summed E-state index contributed by atoms with van der Waals surface area (Å²) < 4.78 is 0. The second kappa shape index (κ2) is 5.19. The van der Waals surface area contributed by atoms with Gasteiger partial charge >= 0.3 is 0 Å². The Balaban J connectivity index is 2.01. The highest BCUT2D eigenvalue weighted by Crippen LogP contribution is 2.18. The number of carbonyl (C=O) groups excluding carboxylic acids is 1. The van der Waals surface area contributed by atoms with Crippen LogP contribution >= 0.6 is 0 Å². The summed E-state index contributed by atoms with van der Waals surface area (Å²) in [6, 6.07) is 6.45. The SMILES string of the molecule is NC1CCCCC1NC(=O)c1cccc(O)c1. The highest BCUT2D eigenvalue weighted by molar-refractivity contribution is 5.94. The summed E-state index contributed by atoms with van der Waals surface area (Å²) in [4.78, 5) is 11.9. The molecule has 4 nitrogen and oxygen atoms in total. The van der Waals surface area contributed by atoms with E-state index in [1.54, 1.807) is 18.2 Å². The number of hydrogen-bond acceptors (Lipinski definition) is 3. The smallest absolute Gasteiger partial charge is 0.251 e. The van der Waals surface area contributed by atoms with Gasteiger partial charge in [-0.1, -0.05) is 18.9 Å². The van der Waals surface area contributed by atoms with Crippen LogP contribution in [0.3, 0.4) is 0 Å². The maximum Gasteiger partial charge on any atom is 0.251 e. The van der Waals surface area contributed by atoms with E-state index in [2.05, 4.69) is 5.32 Å². The summed E-state index contributed by atoms with van der Waals surface area (Å²) in [6.45, 7) is 0. The van der Waals surface area contributed by atoms with Crippen molar-refractivity contribution < 1.29 is 9.90 Å². The van der Waals surface area contributed by atoms with E-state index in [0.717, 1.165) is 25.7 Å². The molecule has 2 unspecified atom stereocenters. The van der Waals surface area contributed by atoms with Crippen LogP contribution < -0.4 is 11.1 Å². The fourth-order valence-electron chi connectivity index (χ4n) is 2.24. The van der Waals surface area contributed by atoms with E-state index in [1.165, 1.54) is 6.07 Å². The Hall–Kier alpha value is -1.55. The minimum atomic E-state index is -0.164. The molecule has 0 aliphatic heterocycles. The molecule has 1 amide bonds. The van der Waals surface area contributed by atoms with Crippen LogP contribution in [0.5, 0.6) is 5.75 Å². The first-order valence-corrected chi connectivity index (χ1v) is 6.02. The molecule has 0 saturated heterocycles. The minimum Gasteiger partial charge on any atom is -0.508 e. The number of hydrogen-bond donors (Lipinski definition) is 3. The van der Waals surface area contributed by atoms with E-state index in [-0.39, 0.29) is 23.7 Å². The van der Waals surface area contributed by atoms with E-state index in [9.17, 15) is 9.90 Å². The predicted octanol–water partition coefficient (Wildman–Crippen LogP) is 1.39. The van der Waals surface area contributed by atoms with Crippen LogP contribution in [0.4, 0.5) is 0 Å². The second-order valence-electron chi connectivity index (χ2n) is 4.58. The lowest BCUT2D eigenvalue weighted by atomic mass is 9.91. The van der Waals surface area contributed by atoms with Crippen molar-refractivity contribution in [2.75, 3.05) is 0 Å². The lowest BCUT2D eigenvalue weighted by Crippen LogP contribution is -2.49. The number of amides is 1. The van der Waals surface area contributed by atoms with Crippen molar-refractivity contribution in [3.63, 3.8) is 0 Å². The maximum absolute atomic E-state index is 11.9. The number of nitrogens with two attached hydrogens (primary N) is 1. The highest BCUT2D eigenvalue weighted by atomic mass is 16.3. The predicted molar refractivity (Wildman–Crippen MR) is 65.8 cm³/mol. The standard InChI is InChI=1S/C13H18N2O2/c14-11-6-1-2-7-12(11)15-13(17)9-4-3-5-10(16)8-9/h3-5,8,11-12,16H,1-2,6-7,14H2,(H,15,17). The first-order valence-electron chi connectivity index (χ1n) is 6.02. The summed E-state index contributed by atoms with van der Waals surface area (Å²) in [5.41, 5.74) is 6.45. The van der Waals surface area contributed by atoms with Gasteiger partial charge in [-0.2, -0.15) is 0 Å². The molecule has 0 aromatic heterocycles. The number of phenolic OH excluding ortho intramolecular Hbond substituents is 1. The van der Waals surface area contributed by atoms with Gasteiger partial charge in [-0.05, 0) is 31.0 Å². The number of aromatic hydroxyl groups is 1. The molecule has 0 heterocycles. The maximum atomic E-state index is 11.9. The number of rotatable bonds is 2. The molecule has 17 heavy (non-hydrogen) atoms. The Labute approximate surface area is 101 Å². The molecule has 2 rings (SSSR count). The number of carbonyl (C=O) groups is 1. The van der Waals surface area contributed by atoms with Gasteiger partial charge in [0.25, 0.3) is 5.91 Å². The molecule has 92 valence electrons. The lowest BCUT2D eigenvalue weighted by molar-refractivity contribution is 0.0921. The quantitative estimate of drug-likeness (QED) is 0.724. The van der Waals surface area contributed by atoms with Crippen LogP contribution in [-0.4, -0.2) is 23.1 Å². The third-order valence-corrected chi connectivity index (χ3v) is 3.24. The van der Waals surface area contributed by atoms with Crippen molar-refractivity contribution >= 4 is 5.91 Å². The summed E-state index contributed by atoms with van der Waals surface area (Å²) in [7, 11) is 0. The van der Waals surface area contributed by atoms with Gasteiger partial charge in [-0.25, -0.2) is 0 Å². The van der Waals surface area contributed by atoms with E-state index < -0.39 is 0 Å². The molecule has 4 N–H and O–H groups in total. The molecule has 0 radical (unpaired) electrons. The average molecular weight is 234 g/mol. The number of benzene rings is 1. The van der Waals surface area contributed by atoms with Crippen molar-refractivity contribution in [1.29, 1.82) is 0 Å². The van der Waals surface area contributed by atoms with Crippen LogP contribution in [0.15, 0.2) is 24.3 Å². The van der Waals surface area contributed by atoms with Crippen molar-refractivity contribution in [3.05, 3.63) is 29.8 Å². The molecule has 1 aromatic carbocycles. The zero-order chi connectivity index (χ0) is 12.3. The zero-order valence-corrected chi connectivity index (χ0v) is 9.73. The molecule has 1 fully saturated rings. The third kappa shape index (κ3) is 2.97. The summed E-state index contributed by atoms with van der Waals surface area (Å²) in [5.74, 6) is -0.0613. The Bertz CT molecular complexity index is 406. The van der Waals surface area contributed by atoms with Gasteiger partial charge < -0.3 is 16.2 Å². The lowest BCUT2D eigenvalue weighted by Gasteiger charge is -2.29. The second-order valence-corrected chi connectivity index (χ2v) is 4.58. The molecule has 1 aliphatic rings. The first-order chi connectivity index (χ1) is 8.16. The van der Waals surface area contributed by atoms with Crippen LogP contribution in [0.2, 0.25) is 0 Å². The monoisotopic (exact) mass is 234 g/mol. The van der Waals surface area contributed by atoms with Crippen molar-refractivity contribution in [2.45, 2.75) is 37.8 Å². The fraction of sp³-hybridized carbons (Fsp3) is 0.462. The Morgan fingerprint density at radius 2 is 2.12 bits per heavy atom. The molecule has 4 heteroatoms. The van der Waals surface area contributed by atoms with Gasteiger partial charge in [-0.3, -0.25) is 4.79 Å². The van der Waals surface area contributed by atoms with E-state index in [0.29, 0.717) is 5.56 Å².